The summed E-state index contributed by atoms with van der Waals surface area (Å²) in [5, 5.41) is 22.3. The van der Waals surface area contributed by atoms with Crippen LogP contribution in [0.1, 0.15) is 23.7 Å². The van der Waals surface area contributed by atoms with Gasteiger partial charge in [0.25, 0.3) is 0 Å². The molecule has 0 saturated carbocycles. The quantitative estimate of drug-likeness (QED) is 0.750. The van der Waals surface area contributed by atoms with Crippen LogP contribution in [-0.2, 0) is 19.6 Å². The number of rotatable bonds is 5. The van der Waals surface area contributed by atoms with Gasteiger partial charge in [0.2, 0.25) is 5.65 Å². The predicted molar refractivity (Wildman–Crippen MR) is 100 cm³/mol. The fourth-order valence-corrected chi connectivity index (χ4v) is 3.52. The third-order valence-corrected chi connectivity index (χ3v) is 5.06. The summed E-state index contributed by atoms with van der Waals surface area (Å²) in [6, 6.07) is 10.3. The van der Waals surface area contributed by atoms with Crippen LogP contribution in [0.25, 0.3) is 5.65 Å². The number of aliphatic hydroxyl groups is 1. The number of piperazine rings is 1. The number of benzene rings is 1. The van der Waals surface area contributed by atoms with E-state index in [4.69, 9.17) is 0 Å². The molecule has 0 aliphatic carbocycles. The Kier molecular flexibility index (Phi) is 4.81. The molecule has 0 amide bonds. The summed E-state index contributed by atoms with van der Waals surface area (Å²) in [5.74, 6) is 0. The number of hydrogen-bond donors (Lipinski definition) is 1. The number of fused-ring (bicyclic) bond motifs is 1. The Labute approximate surface area is 152 Å². The van der Waals surface area contributed by atoms with Gasteiger partial charge in [0.1, 0.15) is 6.33 Å². The fraction of sp³-hybridized carbons (Fsp3) is 0.421. The van der Waals surface area contributed by atoms with Crippen molar-refractivity contribution < 1.29 is 5.11 Å². The molecule has 7 heteroatoms. The van der Waals surface area contributed by atoms with Gasteiger partial charge in [-0.3, -0.25) is 4.90 Å². The lowest BCUT2D eigenvalue weighted by atomic mass is 10.1. The lowest BCUT2D eigenvalue weighted by molar-refractivity contribution is 0.243. The monoisotopic (exact) mass is 352 g/mol. The predicted octanol–water partition coefficient (Wildman–Crippen LogP) is 1.50. The number of anilines is 1. The maximum Gasteiger partial charge on any atom is 0.200 e. The Balaban J connectivity index is 1.48. The highest BCUT2D eigenvalue weighted by atomic mass is 16.3. The van der Waals surface area contributed by atoms with E-state index in [0.717, 1.165) is 61.7 Å². The van der Waals surface area contributed by atoms with E-state index in [1.54, 1.807) is 10.8 Å². The van der Waals surface area contributed by atoms with Gasteiger partial charge in [0.05, 0.1) is 18.0 Å². The fourth-order valence-electron chi connectivity index (χ4n) is 3.52. The van der Waals surface area contributed by atoms with E-state index in [1.807, 2.05) is 18.2 Å². The smallest absolute Gasteiger partial charge is 0.200 e. The second-order valence-electron chi connectivity index (χ2n) is 6.66. The lowest BCUT2D eigenvalue weighted by Crippen LogP contribution is -2.46. The summed E-state index contributed by atoms with van der Waals surface area (Å²) in [4.78, 5) is 4.81. The summed E-state index contributed by atoms with van der Waals surface area (Å²) in [6.07, 6.45) is 2.55. The Morgan fingerprint density at radius 2 is 1.85 bits per heavy atom. The highest BCUT2D eigenvalue weighted by Crippen LogP contribution is 2.23. The van der Waals surface area contributed by atoms with Gasteiger partial charge in [-0.15, -0.1) is 10.2 Å². The number of aryl methyl sites for hydroxylation is 1. The van der Waals surface area contributed by atoms with Gasteiger partial charge in [-0.05, 0) is 23.6 Å². The maximum absolute atomic E-state index is 9.52. The second-order valence-corrected chi connectivity index (χ2v) is 6.66. The zero-order valence-corrected chi connectivity index (χ0v) is 15.0. The molecule has 4 rings (SSSR count). The van der Waals surface area contributed by atoms with Gasteiger partial charge in [0.15, 0.2) is 0 Å². The molecular weight excluding hydrogens is 328 g/mol. The molecule has 0 bridgehead atoms. The molecule has 136 valence electrons. The van der Waals surface area contributed by atoms with Gasteiger partial charge in [-0.2, -0.15) is 9.61 Å². The van der Waals surface area contributed by atoms with Gasteiger partial charge in [-0.25, -0.2) is 0 Å². The molecule has 1 aliphatic heterocycles. The summed E-state index contributed by atoms with van der Waals surface area (Å²) >= 11 is 0. The summed E-state index contributed by atoms with van der Waals surface area (Å²) in [7, 11) is 0. The molecule has 3 heterocycles. The number of nitrogens with zero attached hydrogens (tertiary/aromatic N) is 6. The first-order valence-electron chi connectivity index (χ1n) is 9.13. The van der Waals surface area contributed by atoms with E-state index < -0.39 is 0 Å². The average Bonchev–Trinajstić information content (AvgIpc) is 3.17. The van der Waals surface area contributed by atoms with Gasteiger partial charge < -0.3 is 10.0 Å². The van der Waals surface area contributed by atoms with Crippen LogP contribution >= 0.6 is 0 Å². The Bertz CT molecular complexity index is 885. The van der Waals surface area contributed by atoms with Crippen LogP contribution in [0.3, 0.4) is 0 Å². The first-order chi connectivity index (χ1) is 12.8. The van der Waals surface area contributed by atoms with E-state index in [9.17, 15) is 5.11 Å². The minimum absolute atomic E-state index is 0.0951. The Hall–Kier alpha value is -2.51. The topological polar surface area (TPSA) is 69.8 Å². The van der Waals surface area contributed by atoms with Crippen molar-refractivity contribution in [2.45, 2.75) is 26.5 Å². The van der Waals surface area contributed by atoms with Crippen LogP contribution in [0.5, 0.6) is 0 Å². The molecular formula is C19H24N6O. The van der Waals surface area contributed by atoms with Crippen molar-refractivity contribution in [2.24, 2.45) is 0 Å². The summed E-state index contributed by atoms with van der Waals surface area (Å²) in [5.41, 5.74) is 5.21. The van der Waals surface area contributed by atoms with E-state index in [1.165, 1.54) is 5.56 Å². The van der Waals surface area contributed by atoms with Crippen LogP contribution < -0.4 is 4.90 Å². The highest BCUT2D eigenvalue weighted by Gasteiger charge is 2.21. The largest absolute Gasteiger partial charge is 0.392 e. The van der Waals surface area contributed by atoms with Gasteiger partial charge >= 0.3 is 0 Å². The molecule has 3 aromatic rings. The molecule has 1 aromatic carbocycles. The zero-order valence-electron chi connectivity index (χ0n) is 15.0. The van der Waals surface area contributed by atoms with Crippen LogP contribution in [0, 0.1) is 0 Å². The highest BCUT2D eigenvalue weighted by molar-refractivity contribution is 5.68. The summed E-state index contributed by atoms with van der Waals surface area (Å²) < 4.78 is 1.78. The van der Waals surface area contributed by atoms with Crippen LogP contribution in [0.2, 0.25) is 0 Å². The van der Waals surface area contributed by atoms with Crippen molar-refractivity contribution in [1.29, 1.82) is 0 Å². The van der Waals surface area contributed by atoms with Crippen molar-refractivity contribution >= 4 is 11.3 Å². The second kappa shape index (κ2) is 7.39. The first kappa shape index (κ1) is 16.9. The van der Waals surface area contributed by atoms with Crippen LogP contribution in [0.4, 0.5) is 5.69 Å². The van der Waals surface area contributed by atoms with Gasteiger partial charge in [0, 0.05) is 32.7 Å². The molecule has 1 aliphatic rings. The van der Waals surface area contributed by atoms with E-state index in [-0.39, 0.29) is 6.61 Å². The van der Waals surface area contributed by atoms with E-state index >= 15 is 0 Å². The minimum atomic E-state index is 0.0951. The molecule has 0 atom stereocenters. The number of aliphatic hydroxyl groups excluding tert-OH is 1. The van der Waals surface area contributed by atoms with E-state index in [0.29, 0.717) is 0 Å². The lowest BCUT2D eigenvalue weighted by Gasteiger charge is -2.36. The molecule has 26 heavy (non-hydrogen) atoms. The van der Waals surface area contributed by atoms with Crippen molar-refractivity contribution in [3.8, 4) is 0 Å². The first-order valence-corrected chi connectivity index (χ1v) is 9.13. The Morgan fingerprint density at radius 1 is 1.08 bits per heavy atom. The maximum atomic E-state index is 9.52. The Morgan fingerprint density at radius 3 is 2.58 bits per heavy atom. The summed E-state index contributed by atoms with van der Waals surface area (Å²) in [6.45, 7) is 6.92. The molecule has 2 aromatic heterocycles. The number of aromatic nitrogens is 4. The van der Waals surface area contributed by atoms with Crippen LogP contribution in [0.15, 0.2) is 36.7 Å². The molecule has 0 radical (unpaired) electrons. The van der Waals surface area contributed by atoms with Crippen molar-refractivity contribution in [3.63, 3.8) is 0 Å². The molecule has 1 saturated heterocycles. The normalized spacial score (nSPS) is 15.7. The van der Waals surface area contributed by atoms with Gasteiger partial charge in [-0.1, -0.05) is 31.2 Å². The van der Waals surface area contributed by atoms with Crippen molar-refractivity contribution in [1.82, 2.24) is 24.7 Å². The number of hydrogen-bond acceptors (Lipinski definition) is 6. The molecule has 0 unspecified atom stereocenters. The molecule has 7 nitrogen and oxygen atoms in total. The SMILES string of the molecule is CCc1cc(N2CCN(Cc3ccccc3CO)CC2)c2nncn2n1. The average molecular weight is 352 g/mol. The third-order valence-electron chi connectivity index (χ3n) is 5.06. The van der Waals surface area contributed by atoms with Crippen LogP contribution in [-0.4, -0.2) is 56.0 Å². The third kappa shape index (κ3) is 3.27. The van der Waals surface area contributed by atoms with Crippen molar-refractivity contribution in [2.75, 3.05) is 31.1 Å². The standard InChI is InChI=1S/C19H24N6O/c1-2-17-11-18(19-21-20-14-25(19)22-17)24-9-7-23(8-10-24)12-15-5-3-4-6-16(15)13-26/h3-6,11,14,26H,2,7-10,12-13H2,1H3. The molecule has 0 spiro atoms. The van der Waals surface area contributed by atoms with E-state index in [2.05, 4.69) is 44.2 Å². The minimum Gasteiger partial charge on any atom is -0.392 e. The molecule has 1 fully saturated rings. The zero-order chi connectivity index (χ0) is 17.9. The van der Waals surface area contributed by atoms with Crippen molar-refractivity contribution in [3.05, 3.63) is 53.5 Å². The molecule has 1 N–H and O–H groups in total.